The van der Waals surface area contributed by atoms with E-state index < -0.39 is 0 Å². The molecule has 1 fully saturated rings. The highest BCUT2D eigenvalue weighted by molar-refractivity contribution is 6.09. The fourth-order valence-electron chi connectivity index (χ4n) is 3.54. The Bertz CT molecular complexity index is 854. The number of piperazine rings is 1. The largest absolute Gasteiger partial charge is 0.496 e. The molecule has 0 radical (unpaired) electrons. The van der Waals surface area contributed by atoms with Crippen molar-refractivity contribution in [1.29, 1.82) is 0 Å². The van der Waals surface area contributed by atoms with Gasteiger partial charge in [-0.15, -0.1) is 0 Å². The van der Waals surface area contributed by atoms with Crippen LogP contribution in [0.15, 0.2) is 42.5 Å². The van der Waals surface area contributed by atoms with Crippen molar-refractivity contribution in [3.8, 4) is 11.5 Å². The van der Waals surface area contributed by atoms with Crippen molar-refractivity contribution in [2.45, 2.75) is 13.3 Å². The zero-order valence-corrected chi connectivity index (χ0v) is 17.1. The maximum absolute atomic E-state index is 13.0. The second-order valence-corrected chi connectivity index (χ2v) is 6.73. The van der Waals surface area contributed by atoms with Crippen LogP contribution in [-0.2, 0) is 4.79 Å². The smallest absolute Gasteiger partial charge is 0.263 e. The van der Waals surface area contributed by atoms with Crippen molar-refractivity contribution in [3.63, 3.8) is 0 Å². The van der Waals surface area contributed by atoms with Crippen molar-refractivity contribution in [3.05, 3.63) is 48.0 Å². The number of para-hydroxylation sites is 2. The maximum atomic E-state index is 13.0. The molecule has 0 bridgehead atoms. The molecule has 1 saturated heterocycles. The summed E-state index contributed by atoms with van der Waals surface area (Å²) >= 11 is 0. The van der Waals surface area contributed by atoms with E-state index in [4.69, 9.17) is 9.47 Å². The molecule has 0 atom stereocenters. The molecule has 7 nitrogen and oxygen atoms in total. The zero-order chi connectivity index (χ0) is 20.8. The molecule has 29 heavy (non-hydrogen) atoms. The molecule has 2 aromatic rings. The van der Waals surface area contributed by atoms with Gasteiger partial charge in [0.1, 0.15) is 17.1 Å². The minimum atomic E-state index is -0.299. The fraction of sp³-hybridized carbons (Fsp3) is 0.364. The van der Waals surface area contributed by atoms with E-state index in [0.29, 0.717) is 42.3 Å². The molecule has 2 amide bonds. The molecule has 0 unspecified atom stereocenters. The monoisotopic (exact) mass is 397 g/mol. The minimum Gasteiger partial charge on any atom is -0.496 e. The van der Waals surface area contributed by atoms with Crippen LogP contribution in [0.4, 0.5) is 11.4 Å². The van der Waals surface area contributed by atoms with Crippen LogP contribution < -0.4 is 19.7 Å². The van der Waals surface area contributed by atoms with Crippen molar-refractivity contribution in [2.24, 2.45) is 0 Å². The molecule has 7 heteroatoms. The lowest BCUT2D eigenvalue weighted by molar-refractivity contribution is -0.131. The Morgan fingerprint density at radius 2 is 1.55 bits per heavy atom. The van der Waals surface area contributed by atoms with Crippen LogP contribution in [0.3, 0.4) is 0 Å². The van der Waals surface area contributed by atoms with Gasteiger partial charge in [0.2, 0.25) is 5.91 Å². The van der Waals surface area contributed by atoms with Gasteiger partial charge in [-0.2, -0.15) is 0 Å². The average molecular weight is 397 g/mol. The summed E-state index contributed by atoms with van der Waals surface area (Å²) in [5, 5.41) is 3.00. The van der Waals surface area contributed by atoms with Gasteiger partial charge < -0.3 is 24.6 Å². The highest BCUT2D eigenvalue weighted by atomic mass is 16.5. The predicted molar refractivity (Wildman–Crippen MR) is 113 cm³/mol. The summed E-state index contributed by atoms with van der Waals surface area (Å²) in [6, 6.07) is 12.9. The summed E-state index contributed by atoms with van der Waals surface area (Å²) in [5.74, 6) is 0.776. The van der Waals surface area contributed by atoms with Crippen molar-refractivity contribution >= 4 is 23.2 Å². The molecule has 0 aliphatic carbocycles. The molecule has 0 saturated carbocycles. The third-order valence-electron chi connectivity index (χ3n) is 5.08. The fourth-order valence-corrected chi connectivity index (χ4v) is 3.54. The Balaban J connectivity index is 1.81. The van der Waals surface area contributed by atoms with Crippen LogP contribution in [0, 0.1) is 0 Å². The molecule has 1 N–H and O–H groups in total. The average Bonchev–Trinajstić information content (AvgIpc) is 2.78. The van der Waals surface area contributed by atoms with E-state index >= 15 is 0 Å². The van der Waals surface area contributed by atoms with Crippen LogP contribution in [0.1, 0.15) is 23.7 Å². The minimum absolute atomic E-state index is 0.175. The van der Waals surface area contributed by atoms with Gasteiger partial charge in [-0.1, -0.05) is 25.1 Å². The zero-order valence-electron chi connectivity index (χ0n) is 17.1. The van der Waals surface area contributed by atoms with E-state index in [1.54, 1.807) is 18.2 Å². The number of ether oxygens (including phenoxy) is 2. The SMILES string of the molecule is CCC(=O)N1CCN(c2ccccc2NC(=O)c2c(OC)cccc2OC)CC1. The van der Waals surface area contributed by atoms with E-state index in [9.17, 15) is 9.59 Å². The first-order valence-corrected chi connectivity index (χ1v) is 9.73. The Morgan fingerprint density at radius 1 is 0.931 bits per heavy atom. The van der Waals surface area contributed by atoms with Crippen LogP contribution in [0.2, 0.25) is 0 Å². The first kappa shape index (κ1) is 20.5. The number of anilines is 2. The third kappa shape index (κ3) is 4.45. The summed E-state index contributed by atoms with van der Waals surface area (Å²) in [4.78, 5) is 29.0. The third-order valence-corrected chi connectivity index (χ3v) is 5.08. The van der Waals surface area contributed by atoms with Gasteiger partial charge in [0.05, 0.1) is 25.6 Å². The molecule has 1 aliphatic rings. The molecular weight excluding hydrogens is 370 g/mol. The summed E-state index contributed by atoms with van der Waals surface area (Å²) in [7, 11) is 3.05. The number of hydrogen-bond acceptors (Lipinski definition) is 5. The predicted octanol–water partition coefficient (Wildman–Crippen LogP) is 3.01. The van der Waals surface area contributed by atoms with Crippen LogP contribution in [0.25, 0.3) is 0 Å². The highest BCUT2D eigenvalue weighted by Gasteiger charge is 2.23. The summed E-state index contributed by atoms with van der Waals surface area (Å²) in [6.45, 7) is 4.67. The number of amides is 2. The Hall–Kier alpha value is -3.22. The number of methoxy groups -OCH3 is 2. The van der Waals surface area contributed by atoms with Crippen LogP contribution >= 0.6 is 0 Å². The number of nitrogens with one attached hydrogen (secondary N) is 1. The Kier molecular flexibility index (Phi) is 6.59. The topological polar surface area (TPSA) is 71.1 Å². The quantitative estimate of drug-likeness (QED) is 0.811. The summed E-state index contributed by atoms with van der Waals surface area (Å²) < 4.78 is 10.7. The number of carbonyl (C=O) groups excluding carboxylic acids is 2. The molecule has 0 aromatic heterocycles. The second kappa shape index (κ2) is 9.32. The van der Waals surface area contributed by atoms with Gasteiger partial charge in [-0.05, 0) is 24.3 Å². The number of hydrogen-bond donors (Lipinski definition) is 1. The summed E-state index contributed by atoms with van der Waals surface area (Å²) in [6.07, 6.45) is 0.521. The molecular formula is C22H27N3O4. The number of carbonyl (C=O) groups is 2. The first-order chi connectivity index (χ1) is 14.1. The van der Waals surface area contributed by atoms with Gasteiger partial charge in [0.25, 0.3) is 5.91 Å². The lowest BCUT2D eigenvalue weighted by Gasteiger charge is -2.36. The molecule has 154 valence electrons. The molecule has 3 rings (SSSR count). The first-order valence-electron chi connectivity index (χ1n) is 9.73. The second-order valence-electron chi connectivity index (χ2n) is 6.73. The van der Waals surface area contributed by atoms with Gasteiger partial charge >= 0.3 is 0 Å². The molecule has 1 heterocycles. The van der Waals surface area contributed by atoms with Gasteiger partial charge in [0.15, 0.2) is 0 Å². The lowest BCUT2D eigenvalue weighted by atomic mass is 10.1. The molecule has 1 aliphatic heterocycles. The van der Waals surface area contributed by atoms with E-state index in [1.165, 1.54) is 14.2 Å². The molecule has 2 aromatic carbocycles. The van der Waals surface area contributed by atoms with Crippen molar-refractivity contribution in [1.82, 2.24) is 4.90 Å². The van der Waals surface area contributed by atoms with E-state index in [1.807, 2.05) is 36.1 Å². The van der Waals surface area contributed by atoms with E-state index in [-0.39, 0.29) is 11.8 Å². The maximum Gasteiger partial charge on any atom is 0.263 e. The number of rotatable bonds is 6. The van der Waals surface area contributed by atoms with Gasteiger partial charge in [-0.25, -0.2) is 0 Å². The number of nitrogens with zero attached hydrogens (tertiary/aromatic N) is 2. The normalized spacial score (nSPS) is 13.8. The van der Waals surface area contributed by atoms with Gasteiger partial charge in [-0.3, -0.25) is 9.59 Å². The van der Waals surface area contributed by atoms with E-state index in [2.05, 4.69) is 10.2 Å². The van der Waals surface area contributed by atoms with Gasteiger partial charge in [0, 0.05) is 32.6 Å². The Labute approximate surface area is 171 Å². The van der Waals surface area contributed by atoms with Crippen molar-refractivity contribution in [2.75, 3.05) is 50.6 Å². The van der Waals surface area contributed by atoms with Crippen molar-refractivity contribution < 1.29 is 19.1 Å². The Morgan fingerprint density at radius 3 is 2.14 bits per heavy atom. The lowest BCUT2D eigenvalue weighted by Crippen LogP contribution is -2.48. The summed E-state index contributed by atoms with van der Waals surface area (Å²) in [5.41, 5.74) is 1.99. The molecule has 0 spiro atoms. The standard InChI is InChI=1S/C22H27N3O4/c1-4-20(26)25-14-12-24(13-15-25)17-9-6-5-8-16(17)23-22(27)21-18(28-2)10-7-11-19(21)29-3/h5-11H,4,12-15H2,1-3H3,(H,23,27). The van der Waals surface area contributed by atoms with Crippen LogP contribution in [0.5, 0.6) is 11.5 Å². The highest BCUT2D eigenvalue weighted by Crippen LogP contribution is 2.32. The number of benzene rings is 2. The van der Waals surface area contributed by atoms with E-state index in [0.717, 1.165) is 18.8 Å². The van der Waals surface area contributed by atoms with Crippen LogP contribution in [-0.4, -0.2) is 57.1 Å².